The van der Waals surface area contributed by atoms with Crippen LogP contribution in [0.25, 0.3) is 10.2 Å². The Labute approximate surface area is 187 Å². The highest BCUT2D eigenvalue weighted by atomic mass is 32.1. The molecule has 0 unspecified atom stereocenters. The summed E-state index contributed by atoms with van der Waals surface area (Å²) in [5, 5.41) is 3.92. The van der Waals surface area contributed by atoms with Crippen LogP contribution in [0.15, 0.2) is 18.2 Å². The van der Waals surface area contributed by atoms with Crippen molar-refractivity contribution >= 4 is 55.6 Å². The molecule has 2 heterocycles. The first-order valence-corrected chi connectivity index (χ1v) is 11.8. The minimum absolute atomic E-state index is 0.0491. The molecular weight excluding hydrogens is 416 g/mol. The number of carbonyl (C=O) groups excluding carboxylic acids is 2. The maximum Gasteiger partial charge on any atom is 0.242 e. The standard InChI is InChI=1S/C22H30N4O2S2/c1-16-8-9-18-19(14-16)30-22(24-18)23-15-21(28)26-12-10-25(11-13-26)20(27)7-5-3-4-6-17(2)29/h8-9,14H,3-7,10-13,15H2,1-2H3,(H,23,24). The molecule has 3 rings (SSSR count). The fraction of sp³-hybridized carbons (Fsp3) is 0.545. The highest BCUT2D eigenvalue weighted by molar-refractivity contribution is 7.80. The largest absolute Gasteiger partial charge is 0.352 e. The van der Waals surface area contributed by atoms with E-state index in [1.165, 1.54) is 5.56 Å². The molecule has 1 aliphatic rings. The van der Waals surface area contributed by atoms with E-state index < -0.39 is 0 Å². The molecule has 0 bridgehead atoms. The van der Waals surface area contributed by atoms with Crippen LogP contribution in [0.5, 0.6) is 0 Å². The molecule has 1 aromatic heterocycles. The number of unbranched alkanes of at least 4 members (excludes halogenated alkanes) is 2. The molecular formula is C22H30N4O2S2. The van der Waals surface area contributed by atoms with E-state index in [-0.39, 0.29) is 18.4 Å². The van der Waals surface area contributed by atoms with Gasteiger partial charge in [-0.1, -0.05) is 36.0 Å². The Kier molecular flexibility index (Phi) is 8.16. The molecule has 1 N–H and O–H groups in total. The number of hydrogen-bond donors (Lipinski definition) is 1. The number of fused-ring (bicyclic) bond motifs is 1. The molecule has 0 aliphatic carbocycles. The van der Waals surface area contributed by atoms with Crippen molar-refractivity contribution in [1.29, 1.82) is 0 Å². The second-order valence-corrected chi connectivity index (χ2v) is 9.60. The third-order valence-corrected chi connectivity index (χ3v) is 6.52. The van der Waals surface area contributed by atoms with Gasteiger partial charge in [0.2, 0.25) is 11.8 Å². The van der Waals surface area contributed by atoms with E-state index in [1.54, 1.807) is 11.3 Å². The van der Waals surface area contributed by atoms with Gasteiger partial charge in [-0.2, -0.15) is 0 Å². The Hall–Kier alpha value is -2.06. The Morgan fingerprint density at radius 2 is 1.73 bits per heavy atom. The number of thiocarbonyl (C=S) groups is 1. The summed E-state index contributed by atoms with van der Waals surface area (Å²) in [6, 6.07) is 6.15. The third-order valence-electron chi connectivity index (χ3n) is 5.34. The van der Waals surface area contributed by atoms with Crippen LogP contribution in [0, 0.1) is 6.92 Å². The van der Waals surface area contributed by atoms with Gasteiger partial charge in [-0.15, -0.1) is 0 Å². The van der Waals surface area contributed by atoms with Gasteiger partial charge in [-0.05, 0) is 55.7 Å². The van der Waals surface area contributed by atoms with E-state index in [2.05, 4.69) is 23.3 Å². The lowest BCUT2D eigenvalue weighted by Gasteiger charge is -2.35. The molecule has 0 saturated carbocycles. The number of piperazine rings is 1. The van der Waals surface area contributed by atoms with Gasteiger partial charge in [0.1, 0.15) is 0 Å². The molecule has 1 aromatic carbocycles. The topological polar surface area (TPSA) is 65.5 Å². The van der Waals surface area contributed by atoms with Gasteiger partial charge in [0.05, 0.1) is 16.8 Å². The highest BCUT2D eigenvalue weighted by Gasteiger charge is 2.23. The molecule has 162 valence electrons. The number of amides is 2. The predicted molar refractivity (Wildman–Crippen MR) is 127 cm³/mol. The highest BCUT2D eigenvalue weighted by Crippen LogP contribution is 2.26. The summed E-state index contributed by atoms with van der Waals surface area (Å²) in [4.78, 5) is 34.2. The lowest BCUT2D eigenvalue weighted by Crippen LogP contribution is -2.51. The van der Waals surface area contributed by atoms with Crippen molar-refractivity contribution in [3.05, 3.63) is 23.8 Å². The number of carbonyl (C=O) groups is 2. The predicted octanol–water partition coefficient (Wildman–Crippen LogP) is 4.03. The van der Waals surface area contributed by atoms with Crippen LogP contribution in [-0.2, 0) is 9.59 Å². The number of aromatic nitrogens is 1. The van der Waals surface area contributed by atoms with Gasteiger partial charge in [0.25, 0.3) is 0 Å². The van der Waals surface area contributed by atoms with Gasteiger partial charge in [-0.3, -0.25) is 9.59 Å². The number of nitrogens with one attached hydrogen (secondary N) is 1. The molecule has 1 fully saturated rings. The zero-order chi connectivity index (χ0) is 21.5. The fourth-order valence-electron chi connectivity index (χ4n) is 3.56. The molecule has 1 aliphatic heterocycles. The van der Waals surface area contributed by atoms with Crippen molar-refractivity contribution in [2.45, 2.75) is 46.0 Å². The summed E-state index contributed by atoms with van der Waals surface area (Å²) in [6.45, 7) is 6.67. The number of nitrogens with zero attached hydrogens (tertiary/aromatic N) is 3. The summed E-state index contributed by atoms with van der Waals surface area (Å²) < 4.78 is 1.12. The van der Waals surface area contributed by atoms with Gasteiger partial charge in [0.15, 0.2) is 5.13 Å². The van der Waals surface area contributed by atoms with Gasteiger partial charge in [0, 0.05) is 32.6 Å². The summed E-state index contributed by atoms with van der Waals surface area (Å²) in [7, 11) is 0. The van der Waals surface area contributed by atoms with Gasteiger partial charge < -0.3 is 15.1 Å². The van der Waals surface area contributed by atoms with E-state index in [0.29, 0.717) is 32.6 Å². The zero-order valence-electron chi connectivity index (χ0n) is 17.8. The number of benzene rings is 1. The smallest absolute Gasteiger partial charge is 0.242 e. The lowest BCUT2D eigenvalue weighted by molar-refractivity contribution is -0.138. The first-order valence-electron chi connectivity index (χ1n) is 10.6. The average Bonchev–Trinajstić information content (AvgIpc) is 3.13. The second-order valence-electron chi connectivity index (χ2n) is 7.87. The van der Waals surface area contributed by atoms with E-state index in [1.807, 2.05) is 28.9 Å². The maximum atomic E-state index is 12.5. The van der Waals surface area contributed by atoms with E-state index in [0.717, 1.165) is 45.9 Å². The summed E-state index contributed by atoms with van der Waals surface area (Å²) in [5.74, 6) is 0.247. The van der Waals surface area contributed by atoms with Crippen molar-refractivity contribution in [3.8, 4) is 0 Å². The third kappa shape index (κ3) is 6.47. The molecule has 0 radical (unpaired) electrons. The molecule has 2 aromatic rings. The summed E-state index contributed by atoms with van der Waals surface area (Å²) >= 11 is 6.65. The fourth-order valence-corrected chi connectivity index (χ4v) is 4.66. The quantitative estimate of drug-likeness (QED) is 0.465. The van der Waals surface area contributed by atoms with Crippen LogP contribution in [0.2, 0.25) is 0 Å². The Balaban J connectivity index is 1.37. The molecule has 0 atom stereocenters. The lowest BCUT2D eigenvalue weighted by atomic mass is 10.1. The summed E-state index contributed by atoms with van der Waals surface area (Å²) in [6.07, 6.45) is 4.56. The summed E-state index contributed by atoms with van der Waals surface area (Å²) in [5.41, 5.74) is 2.15. The zero-order valence-corrected chi connectivity index (χ0v) is 19.4. The van der Waals surface area contributed by atoms with E-state index >= 15 is 0 Å². The minimum Gasteiger partial charge on any atom is -0.352 e. The Morgan fingerprint density at radius 3 is 2.43 bits per heavy atom. The van der Waals surface area contributed by atoms with Crippen LogP contribution in [0.1, 0.15) is 44.6 Å². The van der Waals surface area contributed by atoms with Gasteiger partial charge in [-0.25, -0.2) is 4.98 Å². The van der Waals surface area contributed by atoms with E-state index in [9.17, 15) is 9.59 Å². The van der Waals surface area contributed by atoms with Crippen molar-refractivity contribution in [2.24, 2.45) is 0 Å². The van der Waals surface area contributed by atoms with Crippen molar-refractivity contribution in [2.75, 3.05) is 38.0 Å². The number of hydrogen-bond acceptors (Lipinski definition) is 6. The van der Waals surface area contributed by atoms with Crippen LogP contribution in [0.3, 0.4) is 0 Å². The van der Waals surface area contributed by atoms with Crippen LogP contribution in [-0.4, -0.2) is 64.2 Å². The van der Waals surface area contributed by atoms with Crippen LogP contribution < -0.4 is 5.32 Å². The molecule has 8 heteroatoms. The first kappa shape index (κ1) is 22.6. The van der Waals surface area contributed by atoms with Crippen LogP contribution in [0.4, 0.5) is 5.13 Å². The maximum absolute atomic E-state index is 12.5. The Bertz CT molecular complexity index is 904. The second kappa shape index (κ2) is 10.8. The normalized spacial score (nSPS) is 14.2. The SMILES string of the molecule is CC(=S)CCCCCC(=O)N1CCN(C(=O)CNc2nc3ccc(C)cc3s2)CC1. The number of rotatable bonds is 9. The molecule has 6 nitrogen and oxygen atoms in total. The molecule has 0 spiro atoms. The number of thiazole rings is 1. The van der Waals surface area contributed by atoms with Crippen LogP contribution >= 0.6 is 23.6 Å². The van der Waals surface area contributed by atoms with Crippen molar-refractivity contribution in [1.82, 2.24) is 14.8 Å². The molecule has 30 heavy (non-hydrogen) atoms. The molecule has 2 amide bonds. The van der Waals surface area contributed by atoms with Gasteiger partial charge >= 0.3 is 0 Å². The van der Waals surface area contributed by atoms with Crippen molar-refractivity contribution < 1.29 is 9.59 Å². The first-order chi connectivity index (χ1) is 14.4. The Morgan fingerprint density at radius 1 is 1.07 bits per heavy atom. The number of anilines is 1. The van der Waals surface area contributed by atoms with E-state index in [4.69, 9.17) is 12.2 Å². The monoisotopic (exact) mass is 446 g/mol. The number of aryl methyl sites for hydroxylation is 1. The van der Waals surface area contributed by atoms with Crippen molar-refractivity contribution in [3.63, 3.8) is 0 Å². The average molecular weight is 447 g/mol. The molecule has 1 saturated heterocycles. The minimum atomic E-state index is 0.0491.